The van der Waals surface area contributed by atoms with Crippen molar-refractivity contribution < 1.29 is 0 Å². The Labute approximate surface area is 74.0 Å². The predicted octanol–water partition coefficient (Wildman–Crippen LogP) is 2.37. The summed E-state index contributed by atoms with van der Waals surface area (Å²) in [7, 11) is 0. The molecule has 0 aliphatic carbocycles. The maximum Gasteiger partial charge on any atom is 0.194 e. The fourth-order valence-electron chi connectivity index (χ4n) is 0.264. The summed E-state index contributed by atoms with van der Waals surface area (Å²) in [5, 5.41) is 0.235. The second-order valence-electron chi connectivity index (χ2n) is 1.35. The van der Waals surface area contributed by atoms with Gasteiger partial charge in [-0.2, -0.15) is 0 Å². The third-order valence-corrected chi connectivity index (χ3v) is 0.877. The molecule has 0 aromatic heterocycles. The number of rotatable bonds is 2. The molecule has 0 heterocycles. The van der Waals surface area contributed by atoms with Crippen LogP contribution >= 0.6 is 34.8 Å². The largest absolute Gasteiger partial charge is 0.374 e. The molecule has 0 aromatic rings. The Morgan fingerprint density at radius 2 is 1.90 bits per heavy atom. The summed E-state index contributed by atoms with van der Waals surface area (Å²) in [6.45, 7) is 3.35. The Morgan fingerprint density at radius 3 is 2.20 bits per heavy atom. The van der Waals surface area contributed by atoms with Gasteiger partial charge in [0.1, 0.15) is 5.16 Å². The zero-order valence-electron chi connectivity index (χ0n) is 4.94. The molecular formula is C5H5Cl3N2. The zero-order valence-corrected chi connectivity index (χ0v) is 7.21. The van der Waals surface area contributed by atoms with Crippen LogP contribution in [-0.2, 0) is 0 Å². The number of nitrogens with zero attached hydrogens (tertiary/aromatic N) is 1. The molecule has 0 radical (unpaired) electrons. The van der Waals surface area contributed by atoms with E-state index in [0.717, 1.165) is 0 Å². The number of hydrogen-bond acceptors (Lipinski definition) is 1. The lowest BCUT2D eigenvalue weighted by atomic mass is 10.6. The van der Waals surface area contributed by atoms with Crippen molar-refractivity contribution in [1.29, 1.82) is 0 Å². The van der Waals surface area contributed by atoms with E-state index in [-0.39, 0.29) is 15.5 Å². The van der Waals surface area contributed by atoms with Crippen LogP contribution in [0.5, 0.6) is 0 Å². The fourth-order valence-corrected chi connectivity index (χ4v) is 0.780. The van der Waals surface area contributed by atoms with Crippen molar-refractivity contribution in [3.8, 4) is 0 Å². The normalized spacial score (nSPS) is 13.5. The van der Waals surface area contributed by atoms with Crippen LogP contribution in [0.25, 0.3) is 0 Å². The van der Waals surface area contributed by atoms with Gasteiger partial charge in [-0.1, -0.05) is 29.8 Å². The minimum Gasteiger partial charge on any atom is -0.374 e. The number of aliphatic imine (C=N–C) groups is 1. The van der Waals surface area contributed by atoms with Crippen molar-refractivity contribution in [1.82, 2.24) is 0 Å². The highest BCUT2D eigenvalue weighted by Gasteiger charge is 1.89. The van der Waals surface area contributed by atoms with E-state index in [1.54, 1.807) is 0 Å². The van der Waals surface area contributed by atoms with Crippen LogP contribution in [0.3, 0.4) is 0 Å². The lowest BCUT2D eigenvalue weighted by Gasteiger charge is -1.87. The van der Waals surface area contributed by atoms with Crippen LogP contribution in [0, 0.1) is 0 Å². The SMILES string of the molecule is C=C(Cl)/C=C(/Cl)N=C(N)Cl. The number of halogens is 3. The van der Waals surface area contributed by atoms with E-state index in [0.29, 0.717) is 0 Å². The van der Waals surface area contributed by atoms with Crippen LogP contribution in [0.4, 0.5) is 0 Å². The van der Waals surface area contributed by atoms with Gasteiger partial charge in [0.05, 0.1) is 0 Å². The lowest BCUT2D eigenvalue weighted by Crippen LogP contribution is -2.00. The maximum atomic E-state index is 5.43. The van der Waals surface area contributed by atoms with Crippen LogP contribution in [0.2, 0.25) is 0 Å². The quantitative estimate of drug-likeness (QED) is 0.315. The highest BCUT2D eigenvalue weighted by molar-refractivity contribution is 6.64. The number of hydrogen-bond donors (Lipinski definition) is 1. The van der Waals surface area contributed by atoms with Gasteiger partial charge in [0.2, 0.25) is 0 Å². The first-order valence-electron chi connectivity index (χ1n) is 2.23. The number of allylic oxidation sites excluding steroid dienone is 2. The second kappa shape index (κ2) is 4.61. The zero-order chi connectivity index (χ0) is 8.15. The molecule has 0 spiro atoms. The van der Waals surface area contributed by atoms with Gasteiger partial charge in [0, 0.05) is 5.03 Å². The summed E-state index contributed by atoms with van der Waals surface area (Å²) in [6, 6.07) is 0. The van der Waals surface area contributed by atoms with Crippen LogP contribution < -0.4 is 5.73 Å². The molecule has 2 N–H and O–H groups in total. The maximum absolute atomic E-state index is 5.43. The molecule has 5 heteroatoms. The summed E-state index contributed by atoms with van der Waals surface area (Å²) >= 11 is 16.0. The predicted molar refractivity (Wildman–Crippen MR) is 46.4 cm³/mol. The Balaban J connectivity index is 4.22. The first-order chi connectivity index (χ1) is 4.52. The van der Waals surface area contributed by atoms with Gasteiger partial charge in [-0.3, -0.25) is 0 Å². The van der Waals surface area contributed by atoms with E-state index < -0.39 is 0 Å². The third-order valence-electron chi connectivity index (χ3n) is 0.489. The van der Waals surface area contributed by atoms with Crippen molar-refractivity contribution in [2.45, 2.75) is 0 Å². The molecule has 0 atom stereocenters. The summed E-state index contributed by atoms with van der Waals surface area (Å²) < 4.78 is 0. The molecule has 0 aromatic carbocycles. The molecule has 10 heavy (non-hydrogen) atoms. The smallest absolute Gasteiger partial charge is 0.194 e. The Hall–Kier alpha value is -0.180. The Morgan fingerprint density at radius 1 is 1.40 bits per heavy atom. The average Bonchev–Trinajstić information content (AvgIpc) is 1.58. The number of nitrogens with two attached hydrogens (primary N) is 1. The molecule has 0 saturated carbocycles. The van der Waals surface area contributed by atoms with Crippen molar-refractivity contribution in [2.75, 3.05) is 0 Å². The first-order valence-corrected chi connectivity index (χ1v) is 3.37. The van der Waals surface area contributed by atoms with Crippen molar-refractivity contribution >= 4 is 40.1 Å². The average molecular weight is 199 g/mol. The van der Waals surface area contributed by atoms with E-state index >= 15 is 0 Å². The van der Waals surface area contributed by atoms with Crippen molar-refractivity contribution in [3.63, 3.8) is 0 Å². The Kier molecular flexibility index (Phi) is 4.52. The van der Waals surface area contributed by atoms with Crippen molar-refractivity contribution in [3.05, 3.63) is 22.8 Å². The van der Waals surface area contributed by atoms with Gasteiger partial charge in [-0.05, 0) is 17.7 Å². The van der Waals surface area contributed by atoms with E-state index in [1.807, 2.05) is 0 Å². The van der Waals surface area contributed by atoms with Gasteiger partial charge in [-0.15, -0.1) is 0 Å². The van der Waals surface area contributed by atoms with E-state index in [2.05, 4.69) is 11.6 Å². The summed E-state index contributed by atoms with van der Waals surface area (Å²) in [5.74, 6) is 0. The molecule has 0 rings (SSSR count). The van der Waals surface area contributed by atoms with Crippen LogP contribution in [-0.4, -0.2) is 5.29 Å². The molecule has 0 aliphatic rings. The van der Waals surface area contributed by atoms with Gasteiger partial charge in [0.15, 0.2) is 5.29 Å². The highest BCUT2D eigenvalue weighted by Crippen LogP contribution is 2.09. The number of amidine groups is 1. The fraction of sp³-hybridized carbons (Fsp3) is 0. The summed E-state index contributed by atoms with van der Waals surface area (Å²) in [5.41, 5.74) is 4.99. The molecule has 0 fully saturated rings. The molecule has 0 bridgehead atoms. The molecule has 0 unspecified atom stereocenters. The molecule has 0 amide bonds. The molecular weight excluding hydrogens is 194 g/mol. The van der Waals surface area contributed by atoms with Crippen LogP contribution in [0.1, 0.15) is 0 Å². The van der Waals surface area contributed by atoms with Gasteiger partial charge in [-0.25, -0.2) is 4.99 Å². The molecule has 2 nitrogen and oxygen atoms in total. The minimum atomic E-state index is -0.140. The summed E-state index contributed by atoms with van der Waals surface area (Å²) in [6.07, 6.45) is 1.33. The topological polar surface area (TPSA) is 38.4 Å². The molecule has 0 aliphatic heterocycles. The standard InChI is InChI=1S/C5H5Cl3N2/c1-3(6)2-4(7)10-5(8)9/h2H,1H2,(H2,9,10)/b4-2-. The minimum absolute atomic E-state index is 0.104. The first kappa shape index (κ1) is 9.82. The van der Waals surface area contributed by atoms with E-state index in [4.69, 9.17) is 40.5 Å². The molecule has 0 saturated heterocycles. The van der Waals surface area contributed by atoms with Crippen molar-refractivity contribution in [2.24, 2.45) is 10.7 Å². The molecule has 56 valence electrons. The van der Waals surface area contributed by atoms with Gasteiger partial charge in [0.25, 0.3) is 0 Å². The van der Waals surface area contributed by atoms with Gasteiger partial charge >= 0.3 is 0 Å². The lowest BCUT2D eigenvalue weighted by molar-refractivity contribution is 1.49. The highest BCUT2D eigenvalue weighted by atomic mass is 35.5. The summed E-state index contributed by atoms with van der Waals surface area (Å²) in [4.78, 5) is 3.46. The third kappa shape index (κ3) is 5.95. The van der Waals surface area contributed by atoms with Crippen LogP contribution in [0.15, 0.2) is 27.8 Å². The second-order valence-corrected chi connectivity index (χ2v) is 2.61. The van der Waals surface area contributed by atoms with E-state index in [1.165, 1.54) is 6.08 Å². The monoisotopic (exact) mass is 198 g/mol. The Bertz CT molecular complexity index is 191. The van der Waals surface area contributed by atoms with Gasteiger partial charge < -0.3 is 5.73 Å². The van der Waals surface area contributed by atoms with E-state index in [9.17, 15) is 0 Å².